The Labute approximate surface area is 103 Å². The predicted molar refractivity (Wildman–Crippen MR) is 73.7 cm³/mol. The van der Waals surface area contributed by atoms with Gasteiger partial charge in [0.15, 0.2) is 0 Å². The van der Waals surface area contributed by atoms with Crippen molar-refractivity contribution in [1.29, 1.82) is 0 Å². The van der Waals surface area contributed by atoms with Crippen LogP contribution in [0.3, 0.4) is 0 Å². The second-order valence-electron chi connectivity index (χ2n) is 6.35. The van der Waals surface area contributed by atoms with Crippen molar-refractivity contribution in [2.24, 2.45) is 10.8 Å². The molecule has 0 aromatic carbocycles. The molecule has 0 unspecified atom stereocenters. The summed E-state index contributed by atoms with van der Waals surface area (Å²) < 4.78 is 0. The number of hydrogen-bond acceptors (Lipinski definition) is 0. The number of hydrogen-bond donors (Lipinski definition) is 0. The van der Waals surface area contributed by atoms with Gasteiger partial charge in [0.25, 0.3) is 0 Å². The fourth-order valence-corrected chi connectivity index (χ4v) is 4.62. The lowest BCUT2D eigenvalue weighted by atomic mass is 9.47. The molecule has 0 spiro atoms. The van der Waals surface area contributed by atoms with Crippen LogP contribution in [0.5, 0.6) is 0 Å². The van der Waals surface area contributed by atoms with E-state index in [1.54, 1.807) is 12.8 Å². The minimum atomic E-state index is 0.758. The average molecular weight is 224 g/mol. The van der Waals surface area contributed by atoms with Gasteiger partial charge in [-0.2, -0.15) is 0 Å². The fourth-order valence-electron chi connectivity index (χ4n) is 4.62. The van der Waals surface area contributed by atoms with E-state index in [1.807, 2.05) is 0 Å². The monoisotopic (exact) mass is 224 g/mol. The largest absolute Gasteiger partial charge is 0.0654 e. The van der Waals surface area contributed by atoms with E-state index in [9.17, 15) is 0 Å². The van der Waals surface area contributed by atoms with Crippen LogP contribution >= 0.6 is 0 Å². The molecule has 1 fully saturated rings. The van der Waals surface area contributed by atoms with Gasteiger partial charge < -0.3 is 0 Å². The molecule has 0 amide bonds. The van der Waals surface area contributed by atoms with E-state index in [1.165, 1.54) is 51.4 Å². The maximum absolute atomic E-state index is 2.36. The second kappa shape index (κ2) is 6.07. The highest BCUT2D eigenvalue weighted by atomic mass is 14.6. The first kappa shape index (κ1) is 14.1. The van der Waals surface area contributed by atoms with Crippen LogP contribution < -0.4 is 0 Å². The molecule has 0 bridgehead atoms. The maximum atomic E-state index is 2.36. The highest BCUT2D eigenvalue weighted by molar-refractivity contribution is 5.02. The van der Waals surface area contributed by atoms with Crippen LogP contribution in [-0.4, -0.2) is 0 Å². The third kappa shape index (κ3) is 3.02. The van der Waals surface area contributed by atoms with Crippen LogP contribution in [0, 0.1) is 10.8 Å². The smallest absolute Gasteiger partial charge is 0.0287 e. The fraction of sp³-hybridized carbons (Fsp3) is 1.00. The zero-order valence-corrected chi connectivity index (χ0v) is 12.1. The summed E-state index contributed by atoms with van der Waals surface area (Å²) in [5, 5.41) is 0. The molecule has 1 aliphatic rings. The molecular formula is C16H32. The molecule has 0 nitrogen and oxygen atoms in total. The van der Waals surface area contributed by atoms with Gasteiger partial charge in [0.1, 0.15) is 0 Å². The van der Waals surface area contributed by atoms with E-state index in [2.05, 4.69) is 27.7 Å². The van der Waals surface area contributed by atoms with Crippen molar-refractivity contribution < 1.29 is 0 Å². The molecule has 16 heavy (non-hydrogen) atoms. The Hall–Kier alpha value is 0. The van der Waals surface area contributed by atoms with E-state index in [0.717, 1.165) is 10.8 Å². The van der Waals surface area contributed by atoms with Crippen LogP contribution in [0.4, 0.5) is 0 Å². The third-order valence-electron chi connectivity index (χ3n) is 4.62. The summed E-state index contributed by atoms with van der Waals surface area (Å²) in [7, 11) is 0. The third-order valence-corrected chi connectivity index (χ3v) is 4.62. The Morgan fingerprint density at radius 1 is 0.562 bits per heavy atom. The van der Waals surface area contributed by atoms with E-state index in [-0.39, 0.29) is 0 Å². The Morgan fingerprint density at radius 2 is 0.812 bits per heavy atom. The van der Waals surface area contributed by atoms with Gasteiger partial charge >= 0.3 is 0 Å². The van der Waals surface area contributed by atoms with Gasteiger partial charge in [-0.3, -0.25) is 0 Å². The molecule has 1 rings (SSSR count). The summed E-state index contributed by atoms with van der Waals surface area (Å²) in [6, 6.07) is 0. The van der Waals surface area contributed by atoms with Gasteiger partial charge in [-0.15, -0.1) is 0 Å². The van der Waals surface area contributed by atoms with Crippen LogP contribution in [-0.2, 0) is 0 Å². The highest BCUT2D eigenvalue weighted by Gasteiger charge is 2.51. The zero-order valence-electron chi connectivity index (χ0n) is 12.1. The molecule has 0 radical (unpaired) electrons. The van der Waals surface area contributed by atoms with Crippen molar-refractivity contribution in [2.75, 3.05) is 0 Å². The summed E-state index contributed by atoms with van der Waals surface area (Å²) in [5.41, 5.74) is 1.52. The first-order chi connectivity index (χ1) is 7.66. The SMILES string of the molecule is CCCC1(CCC)CC(CCC)(CCC)C1. The molecule has 0 aromatic rings. The Morgan fingerprint density at radius 3 is 1.00 bits per heavy atom. The van der Waals surface area contributed by atoms with Gasteiger partial charge in [-0.25, -0.2) is 0 Å². The van der Waals surface area contributed by atoms with E-state index in [0.29, 0.717) is 0 Å². The average Bonchev–Trinajstić information content (AvgIpc) is 2.17. The first-order valence-corrected chi connectivity index (χ1v) is 7.66. The van der Waals surface area contributed by atoms with Crippen molar-refractivity contribution in [3.63, 3.8) is 0 Å². The molecule has 0 atom stereocenters. The van der Waals surface area contributed by atoms with Crippen molar-refractivity contribution >= 4 is 0 Å². The van der Waals surface area contributed by atoms with Crippen molar-refractivity contribution in [2.45, 2.75) is 91.9 Å². The maximum Gasteiger partial charge on any atom is -0.0287 e. The second-order valence-corrected chi connectivity index (χ2v) is 6.35. The lowest BCUT2D eigenvalue weighted by molar-refractivity contribution is -0.0669. The van der Waals surface area contributed by atoms with Crippen LogP contribution in [0.15, 0.2) is 0 Å². The van der Waals surface area contributed by atoms with Gasteiger partial charge in [0.2, 0.25) is 0 Å². The summed E-state index contributed by atoms with van der Waals surface area (Å²) in [4.78, 5) is 0. The lowest BCUT2D eigenvalue weighted by Gasteiger charge is -2.58. The Kier molecular flexibility index (Phi) is 5.34. The van der Waals surface area contributed by atoms with Gasteiger partial charge in [-0.05, 0) is 49.4 Å². The summed E-state index contributed by atoms with van der Waals surface area (Å²) in [5.74, 6) is 0. The molecule has 0 heteroatoms. The molecule has 0 heterocycles. The highest BCUT2D eigenvalue weighted by Crippen LogP contribution is 2.63. The van der Waals surface area contributed by atoms with E-state index < -0.39 is 0 Å². The zero-order chi connectivity index (χ0) is 12.1. The molecule has 1 saturated carbocycles. The molecule has 0 N–H and O–H groups in total. The van der Waals surface area contributed by atoms with Gasteiger partial charge in [-0.1, -0.05) is 53.4 Å². The van der Waals surface area contributed by atoms with Gasteiger partial charge in [0.05, 0.1) is 0 Å². The summed E-state index contributed by atoms with van der Waals surface area (Å²) >= 11 is 0. The van der Waals surface area contributed by atoms with E-state index >= 15 is 0 Å². The minimum Gasteiger partial charge on any atom is -0.0654 e. The first-order valence-electron chi connectivity index (χ1n) is 7.66. The predicted octanol–water partition coefficient (Wildman–Crippen LogP) is 5.95. The minimum absolute atomic E-state index is 0.758. The molecule has 1 aliphatic carbocycles. The van der Waals surface area contributed by atoms with Crippen molar-refractivity contribution in [3.05, 3.63) is 0 Å². The Bertz CT molecular complexity index is 150. The van der Waals surface area contributed by atoms with Crippen molar-refractivity contribution in [3.8, 4) is 0 Å². The molecular weight excluding hydrogens is 192 g/mol. The lowest BCUT2D eigenvalue weighted by Crippen LogP contribution is -2.46. The normalized spacial score (nSPS) is 21.8. The topological polar surface area (TPSA) is 0 Å². The quantitative estimate of drug-likeness (QED) is 0.477. The van der Waals surface area contributed by atoms with Crippen molar-refractivity contribution in [1.82, 2.24) is 0 Å². The van der Waals surface area contributed by atoms with Crippen LogP contribution in [0.2, 0.25) is 0 Å². The molecule has 0 aliphatic heterocycles. The number of rotatable bonds is 8. The summed E-state index contributed by atoms with van der Waals surface area (Å²) in [6.45, 7) is 9.43. The van der Waals surface area contributed by atoms with Gasteiger partial charge in [0, 0.05) is 0 Å². The molecule has 0 aromatic heterocycles. The Balaban J connectivity index is 2.56. The van der Waals surface area contributed by atoms with Crippen LogP contribution in [0.25, 0.3) is 0 Å². The van der Waals surface area contributed by atoms with Crippen LogP contribution in [0.1, 0.15) is 91.9 Å². The standard InChI is InChI=1S/C16H32/c1-5-9-15(10-6-2)13-16(14-15,11-7-3)12-8-4/h5-14H2,1-4H3. The molecule has 96 valence electrons. The summed E-state index contributed by atoms with van der Waals surface area (Å²) in [6.07, 6.45) is 14.6. The van der Waals surface area contributed by atoms with E-state index in [4.69, 9.17) is 0 Å². The molecule has 0 saturated heterocycles.